The molecule has 0 aliphatic carbocycles. The standard InChI is InChI=1S/C19H26N4O5S2/c1-10-15(18(25)28-5)11(2)20-16(10)17(24)12(3)29-19-22-21-14(23(19)4)8-13-6-7-30(26,27)9-13/h12-13,20H,6-9H2,1-5H3/t12-,13-/m1/s1. The molecule has 0 amide bonds. The van der Waals surface area contributed by atoms with E-state index >= 15 is 0 Å². The van der Waals surface area contributed by atoms with Crippen molar-refractivity contribution in [2.75, 3.05) is 18.6 Å². The van der Waals surface area contributed by atoms with Gasteiger partial charge in [0.1, 0.15) is 5.82 Å². The Morgan fingerprint density at radius 1 is 1.33 bits per heavy atom. The molecule has 30 heavy (non-hydrogen) atoms. The average molecular weight is 455 g/mol. The third-order valence-corrected chi connectivity index (χ3v) is 8.42. The van der Waals surface area contributed by atoms with Crippen molar-refractivity contribution in [2.45, 2.75) is 44.0 Å². The van der Waals surface area contributed by atoms with Crippen LogP contribution in [0.3, 0.4) is 0 Å². The largest absolute Gasteiger partial charge is 0.465 e. The van der Waals surface area contributed by atoms with E-state index in [1.807, 2.05) is 11.6 Å². The number of ketones is 1. The second-order valence-corrected chi connectivity index (χ2v) is 11.2. The third-order valence-electron chi connectivity index (χ3n) is 5.45. The number of thioether (sulfide) groups is 1. The topological polar surface area (TPSA) is 124 Å². The van der Waals surface area contributed by atoms with Gasteiger partial charge in [-0.05, 0) is 38.7 Å². The number of esters is 1. The van der Waals surface area contributed by atoms with Crippen LogP contribution in [0, 0.1) is 19.8 Å². The summed E-state index contributed by atoms with van der Waals surface area (Å²) in [6.07, 6.45) is 1.18. The molecule has 0 saturated carbocycles. The van der Waals surface area contributed by atoms with E-state index in [1.54, 1.807) is 20.8 Å². The van der Waals surface area contributed by atoms with Crippen LogP contribution < -0.4 is 0 Å². The zero-order valence-electron chi connectivity index (χ0n) is 17.7. The second kappa shape index (κ2) is 8.54. The number of aromatic amines is 1. The van der Waals surface area contributed by atoms with Crippen molar-refractivity contribution in [3.8, 4) is 0 Å². The number of methoxy groups -OCH3 is 1. The molecule has 0 unspecified atom stereocenters. The lowest BCUT2D eigenvalue weighted by atomic mass is 10.1. The summed E-state index contributed by atoms with van der Waals surface area (Å²) in [6, 6.07) is 0. The van der Waals surface area contributed by atoms with E-state index in [9.17, 15) is 18.0 Å². The van der Waals surface area contributed by atoms with Crippen molar-refractivity contribution in [1.82, 2.24) is 19.7 Å². The van der Waals surface area contributed by atoms with Gasteiger partial charge in [-0.3, -0.25) is 4.79 Å². The molecule has 3 heterocycles. The van der Waals surface area contributed by atoms with Gasteiger partial charge in [-0.25, -0.2) is 13.2 Å². The van der Waals surface area contributed by atoms with Crippen LogP contribution in [-0.2, 0) is 28.0 Å². The van der Waals surface area contributed by atoms with Crippen LogP contribution in [0.25, 0.3) is 0 Å². The zero-order chi connectivity index (χ0) is 22.2. The number of nitrogens with one attached hydrogen (secondary N) is 1. The molecule has 0 spiro atoms. The summed E-state index contributed by atoms with van der Waals surface area (Å²) in [5.41, 5.74) is 1.92. The summed E-state index contributed by atoms with van der Waals surface area (Å²) < 4.78 is 30.0. The first kappa shape index (κ1) is 22.5. The normalized spacial score (nSPS) is 19.0. The van der Waals surface area contributed by atoms with E-state index in [2.05, 4.69) is 15.2 Å². The zero-order valence-corrected chi connectivity index (χ0v) is 19.3. The van der Waals surface area contributed by atoms with Crippen molar-refractivity contribution in [3.05, 3.63) is 28.3 Å². The molecule has 9 nitrogen and oxygen atoms in total. The number of ether oxygens (including phenoxy) is 1. The molecule has 1 aliphatic rings. The molecular formula is C19H26N4O5S2. The number of carbonyl (C=O) groups is 2. The Hall–Kier alpha value is -2.14. The van der Waals surface area contributed by atoms with Crippen LogP contribution in [-0.4, -0.2) is 63.8 Å². The van der Waals surface area contributed by atoms with E-state index < -0.39 is 21.1 Å². The lowest BCUT2D eigenvalue weighted by Crippen LogP contribution is -2.16. The van der Waals surface area contributed by atoms with E-state index in [1.165, 1.54) is 18.9 Å². The Balaban J connectivity index is 1.72. The third kappa shape index (κ3) is 4.46. The molecule has 2 aromatic rings. The van der Waals surface area contributed by atoms with Gasteiger partial charge in [0.25, 0.3) is 0 Å². The first-order chi connectivity index (χ1) is 14.0. The van der Waals surface area contributed by atoms with Crippen molar-refractivity contribution in [3.63, 3.8) is 0 Å². The summed E-state index contributed by atoms with van der Waals surface area (Å²) >= 11 is 1.28. The molecule has 0 bridgehead atoms. The highest BCUT2D eigenvalue weighted by Gasteiger charge is 2.30. The van der Waals surface area contributed by atoms with Gasteiger partial charge >= 0.3 is 5.97 Å². The van der Waals surface area contributed by atoms with Gasteiger partial charge < -0.3 is 14.3 Å². The summed E-state index contributed by atoms with van der Waals surface area (Å²) in [6.45, 7) is 5.22. The van der Waals surface area contributed by atoms with Crippen molar-refractivity contribution < 1.29 is 22.7 Å². The number of H-pyrrole nitrogens is 1. The predicted molar refractivity (Wildman–Crippen MR) is 113 cm³/mol. The molecule has 0 aromatic carbocycles. The molecule has 0 radical (unpaired) electrons. The lowest BCUT2D eigenvalue weighted by Gasteiger charge is -2.11. The van der Waals surface area contributed by atoms with Crippen LogP contribution >= 0.6 is 11.8 Å². The number of aryl methyl sites for hydroxylation is 1. The van der Waals surface area contributed by atoms with E-state index in [-0.39, 0.29) is 23.2 Å². The average Bonchev–Trinajstić information content (AvgIpc) is 3.30. The molecule has 2 atom stereocenters. The maximum atomic E-state index is 13.0. The minimum atomic E-state index is -2.94. The summed E-state index contributed by atoms with van der Waals surface area (Å²) in [5, 5.41) is 8.51. The molecule has 1 fully saturated rings. The fourth-order valence-corrected chi connectivity index (χ4v) is 6.49. The first-order valence-electron chi connectivity index (χ1n) is 9.61. The highest BCUT2D eigenvalue weighted by molar-refractivity contribution is 8.00. The van der Waals surface area contributed by atoms with Crippen LogP contribution in [0.4, 0.5) is 0 Å². The molecule has 3 rings (SSSR count). The first-order valence-corrected chi connectivity index (χ1v) is 12.3. The van der Waals surface area contributed by atoms with Gasteiger partial charge in [0.05, 0.1) is 35.1 Å². The van der Waals surface area contributed by atoms with Crippen LogP contribution in [0.15, 0.2) is 5.16 Å². The van der Waals surface area contributed by atoms with Gasteiger partial charge in [0, 0.05) is 19.2 Å². The molecular weight excluding hydrogens is 428 g/mol. The number of sulfone groups is 1. The van der Waals surface area contributed by atoms with Gasteiger partial charge in [-0.2, -0.15) is 0 Å². The Morgan fingerprint density at radius 2 is 2.03 bits per heavy atom. The quantitative estimate of drug-likeness (QED) is 0.382. The van der Waals surface area contributed by atoms with Gasteiger partial charge in [0.15, 0.2) is 20.8 Å². The maximum absolute atomic E-state index is 13.0. The van der Waals surface area contributed by atoms with Crippen molar-refractivity contribution >= 4 is 33.4 Å². The molecule has 11 heteroatoms. The Labute approximate surface area is 179 Å². The summed E-state index contributed by atoms with van der Waals surface area (Å²) in [4.78, 5) is 28.0. The van der Waals surface area contributed by atoms with Gasteiger partial charge in [0.2, 0.25) is 0 Å². The minimum Gasteiger partial charge on any atom is -0.465 e. The number of Topliss-reactive ketones (excluding diaryl/α,β-unsaturated/α-hetero) is 1. The number of hydrogen-bond acceptors (Lipinski definition) is 8. The van der Waals surface area contributed by atoms with Crippen LogP contribution in [0.1, 0.15) is 51.3 Å². The smallest absolute Gasteiger partial charge is 0.339 e. The van der Waals surface area contributed by atoms with Crippen molar-refractivity contribution in [2.24, 2.45) is 13.0 Å². The number of rotatable bonds is 7. The Bertz CT molecular complexity index is 1090. The lowest BCUT2D eigenvalue weighted by molar-refractivity contribution is 0.0599. The molecule has 2 aromatic heterocycles. The number of carbonyl (C=O) groups excluding carboxylic acids is 2. The molecule has 1 N–H and O–H groups in total. The molecule has 164 valence electrons. The number of nitrogens with zero attached hydrogens (tertiary/aromatic N) is 3. The Morgan fingerprint density at radius 3 is 2.63 bits per heavy atom. The second-order valence-electron chi connectivity index (χ2n) is 7.67. The van der Waals surface area contributed by atoms with E-state index in [4.69, 9.17) is 4.74 Å². The fourth-order valence-electron chi connectivity index (χ4n) is 3.74. The molecule has 1 aliphatic heterocycles. The summed E-state index contributed by atoms with van der Waals surface area (Å²) in [5.74, 6) is 0.543. The minimum absolute atomic E-state index is 0.0519. The highest BCUT2D eigenvalue weighted by atomic mass is 32.2. The van der Waals surface area contributed by atoms with Gasteiger partial charge in [-0.15, -0.1) is 10.2 Å². The van der Waals surface area contributed by atoms with Crippen molar-refractivity contribution in [1.29, 1.82) is 0 Å². The SMILES string of the molecule is COC(=O)c1c(C)[nH]c(C(=O)[C@@H](C)Sc2nnc(C[C@H]3CCS(=O)(=O)C3)n2C)c1C. The van der Waals surface area contributed by atoms with Crippen LogP contribution in [0.2, 0.25) is 0 Å². The fraction of sp³-hybridized carbons (Fsp3) is 0.579. The van der Waals surface area contributed by atoms with E-state index in [0.717, 1.165) is 0 Å². The number of hydrogen-bond donors (Lipinski definition) is 1. The predicted octanol–water partition coefficient (Wildman–Crippen LogP) is 1.89. The summed E-state index contributed by atoms with van der Waals surface area (Å²) in [7, 11) is 0.184. The van der Waals surface area contributed by atoms with Gasteiger partial charge in [-0.1, -0.05) is 11.8 Å². The highest BCUT2D eigenvalue weighted by Crippen LogP contribution is 2.28. The Kier molecular flexibility index (Phi) is 6.42. The van der Waals surface area contributed by atoms with E-state index in [0.29, 0.717) is 46.3 Å². The maximum Gasteiger partial charge on any atom is 0.339 e. The monoisotopic (exact) mass is 454 g/mol. The van der Waals surface area contributed by atoms with Crippen LogP contribution in [0.5, 0.6) is 0 Å². The molecule has 1 saturated heterocycles. The number of aromatic nitrogens is 4.